The quantitative estimate of drug-likeness (QED) is 0.186. The van der Waals surface area contributed by atoms with Crippen LogP contribution in [0.5, 0.6) is 0 Å². The van der Waals surface area contributed by atoms with E-state index in [9.17, 15) is 0 Å². The molecule has 0 amide bonds. The van der Waals surface area contributed by atoms with Gasteiger partial charge in [-0.15, -0.1) is 0 Å². The molecule has 0 unspecified atom stereocenters. The Morgan fingerprint density at radius 3 is 1.63 bits per heavy atom. The van der Waals surface area contributed by atoms with Crippen molar-refractivity contribution in [3.8, 4) is 33.5 Å². The standard InChI is InChI=1S/C42H36BNO2/c1-40(2)41(3,4)46-43(45-40)39-33(31-21-11-12-22-32(31)37-25-15-16-28-44-37)26-27-36-38(39)34-23-13-14-24-35(34)42(36,29-17-7-5-8-18-29)30-19-9-6-10-20-30/h5-28H,1-4H3. The summed E-state index contributed by atoms with van der Waals surface area (Å²) in [4.78, 5) is 4.76. The van der Waals surface area contributed by atoms with Crippen LogP contribution in [0.3, 0.4) is 0 Å². The molecule has 46 heavy (non-hydrogen) atoms. The average Bonchev–Trinajstić information content (AvgIpc) is 3.51. The highest BCUT2D eigenvalue weighted by Gasteiger charge is 2.55. The summed E-state index contributed by atoms with van der Waals surface area (Å²) in [5.74, 6) is 0. The van der Waals surface area contributed by atoms with Crippen LogP contribution < -0.4 is 5.46 Å². The van der Waals surface area contributed by atoms with Gasteiger partial charge in [-0.05, 0) is 89.8 Å². The molecule has 0 atom stereocenters. The van der Waals surface area contributed by atoms with Crippen LogP contribution in [0.1, 0.15) is 49.9 Å². The van der Waals surface area contributed by atoms with Crippen molar-refractivity contribution in [2.45, 2.75) is 44.3 Å². The van der Waals surface area contributed by atoms with Gasteiger partial charge in [-0.3, -0.25) is 4.98 Å². The maximum Gasteiger partial charge on any atom is 0.496 e. The second-order valence-electron chi connectivity index (χ2n) is 13.3. The van der Waals surface area contributed by atoms with Gasteiger partial charge in [-0.25, -0.2) is 0 Å². The zero-order chi connectivity index (χ0) is 31.5. The second kappa shape index (κ2) is 10.7. The second-order valence-corrected chi connectivity index (χ2v) is 13.3. The van der Waals surface area contributed by atoms with Crippen molar-refractivity contribution in [1.29, 1.82) is 0 Å². The summed E-state index contributed by atoms with van der Waals surface area (Å²) in [7, 11) is -0.581. The fraction of sp³-hybridized carbons (Fsp3) is 0.167. The predicted molar refractivity (Wildman–Crippen MR) is 188 cm³/mol. The van der Waals surface area contributed by atoms with Crippen molar-refractivity contribution in [2.75, 3.05) is 0 Å². The van der Waals surface area contributed by atoms with E-state index in [1.165, 1.54) is 33.4 Å². The Hall–Kier alpha value is -4.77. The molecule has 5 aromatic carbocycles. The summed E-state index contributed by atoms with van der Waals surface area (Å²) in [6, 6.07) is 49.9. The number of pyridine rings is 1. The number of aromatic nitrogens is 1. The minimum Gasteiger partial charge on any atom is -0.399 e. The Morgan fingerprint density at radius 2 is 1.02 bits per heavy atom. The van der Waals surface area contributed by atoms with Crippen molar-refractivity contribution in [1.82, 2.24) is 4.98 Å². The lowest BCUT2D eigenvalue weighted by molar-refractivity contribution is 0.00578. The van der Waals surface area contributed by atoms with Gasteiger partial charge in [0.2, 0.25) is 0 Å². The van der Waals surface area contributed by atoms with Crippen molar-refractivity contribution in [3.63, 3.8) is 0 Å². The summed E-state index contributed by atoms with van der Waals surface area (Å²) in [6.45, 7) is 8.52. The lowest BCUT2D eigenvalue weighted by Crippen LogP contribution is -2.41. The molecule has 3 nitrogen and oxygen atoms in total. The van der Waals surface area contributed by atoms with Gasteiger partial charge in [0.15, 0.2) is 0 Å². The first-order valence-corrected chi connectivity index (χ1v) is 16.1. The number of rotatable bonds is 5. The van der Waals surface area contributed by atoms with E-state index in [1.807, 2.05) is 18.3 Å². The van der Waals surface area contributed by atoms with Crippen LogP contribution in [0, 0.1) is 0 Å². The molecule has 4 heteroatoms. The van der Waals surface area contributed by atoms with E-state index in [2.05, 4.69) is 155 Å². The van der Waals surface area contributed by atoms with Gasteiger partial charge >= 0.3 is 7.12 Å². The zero-order valence-corrected chi connectivity index (χ0v) is 26.7. The van der Waals surface area contributed by atoms with Crippen molar-refractivity contribution >= 4 is 12.6 Å². The summed E-state index contributed by atoms with van der Waals surface area (Å²) in [5.41, 5.74) is 11.0. The summed E-state index contributed by atoms with van der Waals surface area (Å²) >= 11 is 0. The Morgan fingerprint density at radius 1 is 0.478 bits per heavy atom. The third-order valence-corrected chi connectivity index (χ3v) is 10.3. The molecule has 0 bridgehead atoms. The van der Waals surface area contributed by atoms with Crippen LogP contribution in [0.2, 0.25) is 0 Å². The molecule has 1 fully saturated rings. The van der Waals surface area contributed by atoms with Crippen molar-refractivity contribution < 1.29 is 9.31 Å². The molecule has 8 rings (SSSR count). The number of nitrogens with zero attached hydrogens (tertiary/aromatic N) is 1. The SMILES string of the molecule is CC1(C)OB(c2c(-c3ccccc3-c3ccccn3)ccc3c2-c2ccccc2C3(c2ccccc2)c2ccccc2)OC1(C)C. The van der Waals surface area contributed by atoms with E-state index in [1.54, 1.807) is 0 Å². The van der Waals surface area contributed by atoms with Crippen LogP contribution in [0.25, 0.3) is 33.5 Å². The zero-order valence-electron chi connectivity index (χ0n) is 26.7. The van der Waals surface area contributed by atoms with E-state index in [0.29, 0.717) is 0 Å². The number of fused-ring (bicyclic) bond motifs is 3. The highest BCUT2D eigenvalue weighted by molar-refractivity contribution is 6.66. The van der Waals surface area contributed by atoms with Crippen LogP contribution in [-0.4, -0.2) is 23.3 Å². The summed E-state index contributed by atoms with van der Waals surface area (Å²) in [6.07, 6.45) is 1.86. The maximum absolute atomic E-state index is 6.94. The fourth-order valence-electron chi connectivity index (χ4n) is 7.46. The van der Waals surface area contributed by atoms with E-state index in [0.717, 1.165) is 27.8 Å². The predicted octanol–water partition coefficient (Wildman–Crippen LogP) is 9.08. The first-order chi connectivity index (χ1) is 22.3. The highest BCUT2D eigenvalue weighted by Crippen LogP contribution is 2.56. The molecule has 224 valence electrons. The summed E-state index contributed by atoms with van der Waals surface area (Å²) in [5, 5.41) is 0. The topological polar surface area (TPSA) is 31.4 Å². The highest BCUT2D eigenvalue weighted by atomic mass is 16.7. The molecular weight excluding hydrogens is 561 g/mol. The minimum atomic E-state index is -0.581. The van der Waals surface area contributed by atoms with Gasteiger partial charge < -0.3 is 9.31 Å². The van der Waals surface area contributed by atoms with E-state index >= 15 is 0 Å². The lowest BCUT2D eigenvalue weighted by atomic mass is 9.65. The van der Waals surface area contributed by atoms with Gasteiger partial charge in [-0.1, -0.05) is 127 Å². The Bertz CT molecular complexity index is 2000. The fourth-order valence-corrected chi connectivity index (χ4v) is 7.46. The van der Waals surface area contributed by atoms with E-state index in [4.69, 9.17) is 14.3 Å². The number of hydrogen-bond donors (Lipinski definition) is 0. The Kier molecular flexibility index (Phi) is 6.65. The first kappa shape index (κ1) is 28.7. The minimum absolute atomic E-state index is 0.508. The molecule has 2 aliphatic rings. The van der Waals surface area contributed by atoms with Crippen LogP contribution in [-0.2, 0) is 14.7 Å². The Balaban J connectivity index is 1.51. The molecule has 1 aromatic heterocycles. The number of hydrogen-bond acceptors (Lipinski definition) is 3. The van der Waals surface area contributed by atoms with Crippen LogP contribution in [0.4, 0.5) is 0 Å². The smallest absolute Gasteiger partial charge is 0.399 e. The molecule has 0 spiro atoms. The molecule has 6 aromatic rings. The summed E-state index contributed by atoms with van der Waals surface area (Å²) < 4.78 is 13.9. The van der Waals surface area contributed by atoms with Gasteiger partial charge in [-0.2, -0.15) is 0 Å². The van der Waals surface area contributed by atoms with Crippen LogP contribution in [0.15, 0.2) is 146 Å². The molecule has 1 saturated heterocycles. The van der Waals surface area contributed by atoms with Gasteiger partial charge in [0.25, 0.3) is 0 Å². The first-order valence-electron chi connectivity index (χ1n) is 16.1. The van der Waals surface area contributed by atoms with E-state index < -0.39 is 23.7 Å². The molecule has 1 aliphatic heterocycles. The van der Waals surface area contributed by atoms with Crippen LogP contribution >= 0.6 is 0 Å². The molecular formula is C42H36BNO2. The van der Waals surface area contributed by atoms with Crippen molar-refractivity contribution in [3.05, 3.63) is 168 Å². The third-order valence-electron chi connectivity index (χ3n) is 10.3. The molecule has 1 aliphatic carbocycles. The lowest BCUT2D eigenvalue weighted by Gasteiger charge is -2.34. The van der Waals surface area contributed by atoms with Crippen molar-refractivity contribution in [2.24, 2.45) is 0 Å². The van der Waals surface area contributed by atoms with E-state index in [-0.39, 0.29) is 0 Å². The monoisotopic (exact) mass is 597 g/mol. The Labute approximate surface area is 272 Å². The van der Waals surface area contributed by atoms with Gasteiger partial charge in [0.1, 0.15) is 0 Å². The third kappa shape index (κ3) is 4.17. The normalized spacial score (nSPS) is 17.0. The molecule has 2 heterocycles. The molecule has 0 N–H and O–H groups in total. The number of benzene rings is 5. The average molecular weight is 598 g/mol. The largest absolute Gasteiger partial charge is 0.496 e. The van der Waals surface area contributed by atoms with Gasteiger partial charge in [0, 0.05) is 11.8 Å². The maximum atomic E-state index is 6.94. The van der Waals surface area contributed by atoms with Gasteiger partial charge in [0.05, 0.1) is 22.3 Å². The molecule has 0 saturated carbocycles. The molecule has 0 radical (unpaired) electrons.